The second-order valence-corrected chi connectivity index (χ2v) is 6.75. The Morgan fingerprint density at radius 3 is 2.50 bits per heavy atom. The van der Waals surface area contributed by atoms with E-state index in [0.29, 0.717) is 16.3 Å². The Labute approximate surface area is 126 Å². The predicted molar refractivity (Wildman–Crippen MR) is 78.7 cm³/mol. The fourth-order valence-corrected chi connectivity index (χ4v) is 3.32. The molecule has 5 heteroatoms. The summed E-state index contributed by atoms with van der Waals surface area (Å²) in [5.74, 6) is 1.05. The fourth-order valence-electron chi connectivity index (χ4n) is 2.96. The van der Waals surface area contributed by atoms with E-state index in [1.165, 1.54) is 12.1 Å². The van der Waals surface area contributed by atoms with E-state index in [9.17, 15) is 13.2 Å². The Bertz CT molecular complexity index is 473. The summed E-state index contributed by atoms with van der Waals surface area (Å²) in [6.07, 6.45) is -1.27. The van der Waals surface area contributed by atoms with Crippen molar-refractivity contribution in [2.24, 2.45) is 11.8 Å². The zero-order valence-corrected chi connectivity index (χ0v) is 13.2. The van der Waals surface area contributed by atoms with E-state index in [-0.39, 0.29) is 11.7 Å². The molecule has 1 aliphatic carbocycles. The summed E-state index contributed by atoms with van der Waals surface area (Å²) in [6.45, 7) is 4.31. The minimum atomic E-state index is -4.33. The van der Waals surface area contributed by atoms with Gasteiger partial charge in [0.1, 0.15) is 0 Å². The molecule has 0 saturated heterocycles. The van der Waals surface area contributed by atoms with Gasteiger partial charge >= 0.3 is 6.18 Å². The number of alkyl halides is 3. The number of benzene rings is 1. The molecule has 0 aromatic heterocycles. The normalized spacial score (nSPS) is 27.4. The van der Waals surface area contributed by atoms with Gasteiger partial charge in [-0.25, -0.2) is 0 Å². The summed E-state index contributed by atoms with van der Waals surface area (Å²) in [5.41, 5.74) is -0.412. The standard InChI is InChI=1S/C15H19BrF3N/c1-9-3-6-13(10(2)7-9)20-14-8-11(16)4-5-12(14)15(17,18)19/h4-5,8-10,13,20H,3,6-7H2,1-2H3. The molecule has 0 aliphatic heterocycles. The number of halogens is 4. The highest BCUT2D eigenvalue weighted by Gasteiger charge is 2.35. The zero-order chi connectivity index (χ0) is 14.9. The SMILES string of the molecule is CC1CCC(Nc2cc(Br)ccc2C(F)(F)F)C(C)C1. The second-order valence-electron chi connectivity index (χ2n) is 5.83. The number of anilines is 1. The van der Waals surface area contributed by atoms with Crippen molar-refractivity contribution in [2.75, 3.05) is 5.32 Å². The molecule has 1 fully saturated rings. The lowest BCUT2D eigenvalue weighted by atomic mass is 9.79. The molecule has 1 saturated carbocycles. The Kier molecular flexibility index (Phi) is 4.67. The Balaban J connectivity index is 2.22. The topological polar surface area (TPSA) is 12.0 Å². The Morgan fingerprint density at radius 1 is 1.20 bits per heavy atom. The van der Waals surface area contributed by atoms with Gasteiger partial charge in [-0.1, -0.05) is 29.8 Å². The summed E-state index contributed by atoms with van der Waals surface area (Å²) >= 11 is 3.25. The van der Waals surface area contributed by atoms with Gasteiger partial charge in [-0.05, 0) is 49.3 Å². The Morgan fingerprint density at radius 2 is 1.90 bits per heavy atom. The lowest BCUT2D eigenvalue weighted by Gasteiger charge is -2.34. The lowest BCUT2D eigenvalue weighted by molar-refractivity contribution is -0.137. The first-order valence-electron chi connectivity index (χ1n) is 6.90. The van der Waals surface area contributed by atoms with E-state index in [1.54, 1.807) is 0 Å². The molecule has 0 bridgehead atoms. The highest BCUT2D eigenvalue weighted by Crippen LogP contribution is 2.38. The first-order chi connectivity index (χ1) is 9.27. The summed E-state index contributed by atoms with van der Waals surface area (Å²) in [6, 6.07) is 4.19. The van der Waals surface area contributed by atoms with Crippen molar-refractivity contribution in [1.29, 1.82) is 0 Å². The number of rotatable bonds is 2. The van der Waals surface area contributed by atoms with E-state index in [4.69, 9.17) is 0 Å². The van der Waals surface area contributed by atoms with Gasteiger partial charge in [-0.3, -0.25) is 0 Å². The van der Waals surface area contributed by atoms with Crippen molar-refractivity contribution in [2.45, 2.75) is 45.3 Å². The van der Waals surface area contributed by atoms with Crippen molar-refractivity contribution in [3.05, 3.63) is 28.2 Å². The molecule has 0 radical (unpaired) electrons. The molecule has 1 nitrogen and oxygen atoms in total. The third-order valence-electron chi connectivity index (χ3n) is 4.06. The van der Waals surface area contributed by atoms with Crippen molar-refractivity contribution >= 4 is 21.6 Å². The molecule has 112 valence electrons. The van der Waals surface area contributed by atoms with Gasteiger partial charge in [0.2, 0.25) is 0 Å². The van der Waals surface area contributed by atoms with E-state index in [0.717, 1.165) is 25.3 Å². The smallest absolute Gasteiger partial charge is 0.382 e. The van der Waals surface area contributed by atoms with Crippen LogP contribution in [-0.2, 0) is 6.18 Å². The molecule has 2 rings (SSSR count). The van der Waals surface area contributed by atoms with Crippen LogP contribution < -0.4 is 5.32 Å². The number of hydrogen-bond donors (Lipinski definition) is 1. The minimum Gasteiger partial charge on any atom is -0.382 e. The van der Waals surface area contributed by atoms with Crippen LogP contribution in [0.15, 0.2) is 22.7 Å². The first-order valence-corrected chi connectivity index (χ1v) is 7.70. The van der Waals surface area contributed by atoms with Crippen LogP contribution in [0.5, 0.6) is 0 Å². The predicted octanol–water partition coefficient (Wildman–Crippen LogP) is 5.70. The van der Waals surface area contributed by atoms with E-state index in [2.05, 4.69) is 35.1 Å². The van der Waals surface area contributed by atoms with E-state index >= 15 is 0 Å². The largest absolute Gasteiger partial charge is 0.418 e. The summed E-state index contributed by atoms with van der Waals surface area (Å²) in [7, 11) is 0. The zero-order valence-electron chi connectivity index (χ0n) is 11.6. The highest BCUT2D eigenvalue weighted by molar-refractivity contribution is 9.10. The summed E-state index contributed by atoms with van der Waals surface area (Å²) in [4.78, 5) is 0. The third kappa shape index (κ3) is 3.68. The van der Waals surface area contributed by atoms with Crippen LogP contribution in [0, 0.1) is 11.8 Å². The fraction of sp³-hybridized carbons (Fsp3) is 0.600. The van der Waals surface area contributed by atoms with Gasteiger partial charge in [0.15, 0.2) is 0 Å². The van der Waals surface area contributed by atoms with Gasteiger partial charge in [0, 0.05) is 16.2 Å². The maximum Gasteiger partial charge on any atom is 0.418 e. The molecule has 20 heavy (non-hydrogen) atoms. The molecule has 1 aromatic rings. The molecular formula is C15H19BrF3N. The molecule has 1 aliphatic rings. The minimum absolute atomic E-state index is 0.113. The van der Waals surface area contributed by atoms with Gasteiger partial charge < -0.3 is 5.32 Å². The van der Waals surface area contributed by atoms with Gasteiger partial charge in [-0.15, -0.1) is 0 Å². The van der Waals surface area contributed by atoms with Crippen molar-refractivity contribution < 1.29 is 13.2 Å². The second kappa shape index (κ2) is 5.96. The van der Waals surface area contributed by atoms with E-state index in [1.807, 2.05) is 0 Å². The molecular weight excluding hydrogens is 331 g/mol. The highest BCUT2D eigenvalue weighted by atomic mass is 79.9. The van der Waals surface area contributed by atoms with Gasteiger partial charge in [0.25, 0.3) is 0 Å². The van der Waals surface area contributed by atoms with Crippen molar-refractivity contribution in [3.63, 3.8) is 0 Å². The Hall–Kier alpha value is -0.710. The first kappa shape index (κ1) is 15.7. The van der Waals surface area contributed by atoms with E-state index < -0.39 is 11.7 Å². The third-order valence-corrected chi connectivity index (χ3v) is 4.55. The lowest BCUT2D eigenvalue weighted by Crippen LogP contribution is -2.33. The number of hydrogen-bond acceptors (Lipinski definition) is 1. The van der Waals surface area contributed by atoms with Crippen molar-refractivity contribution in [3.8, 4) is 0 Å². The molecule has 0 spiro atoms. The maximum absolute atomic E-state index is 13.0. The summed E-state index contributed by atoms with van der Waals surface area (Å²) < 4.78 is 39.8. The van der Waals surface area contributed by atoms with Crippen molar-refractivity contribution in [1.82, 2.24) is 0 Å². The van der Waals surface area contributed by atoms with Crippen LogP contribution in [0.3, 0.4) is 0 Å². The van der Waals surface area contributed by atoms with Crippen LogP contribution in [0.25, 0.3) is 0 Å². The maximum atomic E-state index is 13.0. The van der Waals surface area contributed by atoms with Crippen LogP contribution >= 0.6 is 15.9 Å². The van der Waals surface area contributed by atoms with Crippen LogP contribution in [0.1, 0.15) is 38.7 Å². The average molecular weight is 350 g/mol. The monoisotopic (exact) mass is 349 g/mol. The van der Waals surface area contributed by atoms with Gasteiger partial charge in [-0.2, -0.15) is 13.2 Å². The summed E-state index contributed by atoms with van der Waals surface area (Å²) in [5, 5.41) is 3.12. The molecule has 0 heterocycles. The molecule has 1 aromatic carbocycles. The molecule has 1 N–H and O–H groups in total. The molecule has 3 atom stereocenters. The molecule has 0 amide bonds. The van der Waals surface area contributed by atoms with Crippen LogP contribution in [-0.4, -0.2) is 6.04 Å². The quantitative estimate of drug-likeness (QED) is 0.721. The van der Waals surface area contributed by atoms with Crippen LogP contribution in [0.2, 0.25) is 0 Å². The van der Waals surface area contributed by atoms with Crippen LogP contribution in [0.4, 0.5) is 18.9 Å². The average Bonchev–Trinajstić information content (AvgIpc) is 2.31. The molecule has 3 unspecified atom stereocenters. The van der Waals surface area contributed by atoms with Gasteiger partial charge in [0.05, 0.1) is 5.56 Å². The number of nitrogens with one attached hydrogen (secondary N) is 1.